The van der Waals surface area contributed by atoms with Crippen molar-refractivity contribution in [1.82, 2.24) is 4.98 Å². The number of para-hydroxylation sites is 1. The first-order valence-electron chi connectivity index (χ1n) is 34.3. The van der Waals surface area contributed by atoms with Crippen molar-refractivity contribution < 1.29 is 8.83 Å². The highest BCUT2D eigenvalue weighted by Gasteiger charge is 2.51. The smallest absolute Gasteiger partial charge is 0.227 e. The van der Waals surface area contributed by atoms with E-state index in [1.807, 2.05) is 6.07 Å². The van der Waals surface area contributed by atoms with Gasteiger partial charge in [-0.2, -0.15) is 0 Å². The lowest BCUT2D eigenvalue weighted by molar-refractivity contribution is 0.590. The molecule has 0 saturated heterocycles. The first-order chi connectivity index (χ1) is 48.4. The van der Waals surface area contributed by atoms with Gasteiger partial charge in [0.1, 0.15) is 16.7 Å². The number of furan rings is 1. The Morgan fingerprint density at radius 3 is 1.15 bits per heavy atom. The van der Waals surface area contributed by atoms with Crippen LogP contribution in [0.2, 0.25) is 0 Å². The maximum absolute atomic E-state index is 7.74. The van der Waals surface area contributed by atoms with Crippen LogP contribution in [0.1, 0.15) is 74.9 Å². The summed E-state index contributed by atoms with van der Waals surface area (Å²) in [5.41, 5.74) is 25.8. The zero-order valence-corrected chi connectivity index (χ0v) is 56.4. The van der Waals surface area contributed by atoms with Crippen LogP contribution in [0.4, 0.5) is 34.1 Å². The van der Waals surface area contributed by atoms with E-state index in [0.29, 0.717) is 17.0 Å². The van der Waals surface area contributed by atoms with E-state index >= 15 is 0 Å². The minimum absolute atomic E-state index is 0.0975. The monoisotopic (exact) mass is 1280 g/mol. The molecule has 476 valence electrons. The first-order valence-corrected chi connectivity index (χ1v) is 34.3. The van der Waals surface area contributed by atoms with Gasteiger partial charge in [-0.25, -0.2) is 4.98 Å². The van der Waals surface area contributed by atoms with E-state index in [-0.39, 0.29) is 10.8 Å². The molecule has 5 nitrogen and oxygen atoms in total. The first kappa shape index (κ1) is 60.6. The third-order valence-electron chi connectivity index (χ3n) is 20.1. The summed E-state index contributed by atoms with van der Waals surface area (Å²) in [5.74, 6) is 0.513. The molecule has 0 radical (unpaired) electrons. The Kier molecular flexibility index (Phi) is 14.8. The number of anilines is 6. The number of nitrogens with zero attached hydrogens (tertiary/aromatic N) is 3. The van der Waals surface area contributed by atoms with E-state index in [1.165, 1.54) is 11.1 Å². The fourth-order valence-corrected chi connectivity index (χ4v) is 15.2. The van der Waals surface area contributed by atoms with Crippen molar-refractivity contribution in [2.45, 2.75) is 57.8 Å². The van der Waals surface area contributed by atoms with Crippen molar-refractivity contribution in [3.8, 4) is 67.1 Å². The van der Waals surface area contributed by atoms with Gasteiger partial charge in [-0.15, -0.1) is 0 Å². The quantitative estimate of drug-likeness (QED) is 0.115. The standard InChI is InChI=1S/C94H73N3O2/c1-92(2,3)69-48-52-73(53-49-69)96(80-56-46-67(62-30-14-7-15-31-62)58-76(80)64-34-18-9-19-35-64)82-60-78-86(89-85(82)75-44-28-29-45-84(75)98-89)87-79(94(78,71-40-24-12-25-41-71)72-42-26-13-27-43-72)61-83(88-90(87)99-91(95-88)66-38-22-11-23-39-66)97(74-54-50-70(51-55-74)93(4,5)6)81-57-47-68(63-32-16-8-17-33-63)59-77(81)65-36-20-10-21-37-65/h7-61H,1-6H3. The zero-order chi connectivity index (χ0) is 67.0. The molecule has 5 heteroatoms. The molecule has 14 aromatic carbocycles. The molecule has 0 bridgehead atoms. The average Bonchev–Trinajstić information content (AvgIpc) is 1.51. The van der Waals surface area contributed by atoms with Crippen LogP contribution < -0.4 is 9.80 Å². The average molecular weight is 1280 g/mol. The molecule has 1 aliphatic carbocycles. The van der Waals surface area contributed by atoms with Gasteiger partial charge in [0.25, 0.3) is 0 Å². The molecule has 0 atom stereocenters. The third-order valence-corrected chi connectivity index (χ3v) is 20.1. The Morgan fingerprint density at radius 1 is 0.313 bits per heavy atom. The third kappa shape index (κ3) is 10.4. The van der Waals surface area contributed by atoms with Crippen LogP contribution >= 0.6 is 0 Å². The maximum Gasteiger partial charge on any atom is 0.227 e. The zero-order valence-electron chi connectivity index (χ0n) is 56.4. The topological polar surface area (TPSA) is 45.7 Å². The fourth-order valence-electron chi connectivity index (χ4n) is 15.2. The molecule has 2 aromatic heterocycles. The van der Waals surface area contributed by atoms with Gasteiger partial charge < -0.3 is 18.6 Å². The normalized spacial score (nSPS) is 12.6. The number of aromatic nitrogens is 1. The maximum atomic E-state index is 7.74. The number of benzene rings is 14. The molecule has 99 heavy (non-hydrogen) atoms. The van der Waals surface area contributed by atoms with Crippen LogP contribution in [-0.2, 0) is 16.2 Å². The summed E-state index contributed by atoms with van der Waals surface area (Å²) in [5, 5.41) is 1.97. The Morgan fingerprint density at radius 2 is 0.697 bits per heavy atom. The van der Waals surface area contributed by atoms with Gasteiger partial charge in [0.15, 0.2) is 5.58 Å². The lowest BCUT2D eigenvalue weighted by Crippen LogP contribution is -2.29. The van der Waals surface area contributed by atoms with Crippen molar-refractivity contribution in [2.75, 3.05) is 9.80 Å². The molecular weight excluding hydrogens is 1200 g/mol. The molecule has 16 aromatic rings. The van der Waals surface area contributed by atoms with E-state index in [9.17, 15) is 0 Å². The van der Waals surface area contributed by atoms with E-state index in [2.05, 4.69) is 379 Å². The summed E-state index contributed by atoms with van der Waals surface area (Å²) in [6, 6.07) is 122. The molecule has 0 fully saturated rings. The Hall–Kier alpha value is -12.1. The lowest BCUT2D eigenvalue weighted by Gasteiger charge is -2.36. The van der Waals surface area contributed by atoms with Gasteiger partial charge in [0.2, 0.25) is 5.89 Å². The molecule has 0 aliphatic heterocycles. The van der Waals surface area contributed by atoms with Gasteiger partial charge >= 0.3 is 0 Å². The largest absolute Gasteiger partial charge is 0.455 e. The predicted molar refractivity (Wildman–Crippen MR) is 413 cm³/mol. The van der Waals surface area contributed by atoms with Crippen LogP contribution in [0.3, 0.4) is 0 Å². The lowest BCUT2D eigenvalue weighted by atomic mass is 9.67. The Balaban J connectivity index is 1.04. The molecule has 0 amide bonds. The highest BCUT2D eigenvalue weighted by molar-refractivity contribution is 6.22. The summed E-state index contributed by atoms with van der Waals surface area (Å²) in [7, 11) is 0. The highest BCUT2D eigenvalue weighted by Crippen LogP contribution is 2.64. The number of oxazole rings is 1. The molecule has 0 unspecified atom stereocenters. The number of fused-ring (bicyclic) bond motifs is 9. The van der Waals surface area contributed by atoms with Gasteiger partial charge in [-0.1, -0.05) is 296 Å². The minimum Gasteiger partial charge on any atom is -0.455 e. The second kappa shape index (κ2) is 24.2. The predicted octanol–water partition coefficient (Wildman–Crippen LogP) is 26.0. The highest BCUT2D eigenvalue weighted by atomic mass is 16.4. The van der Waals surface area contributed by atoms with Crippen LogP contribution in [0.15, 0.2) is 342 Å². The van der Waals surface area contributed by atoms with Crippen molar-refractivity contribution in [3.63, 3.8) is 0 Å². The van der Waals surface area contributed by atoms with Crippen molar-refractivity contribution >= 4 is 67.2 Å². The van der Waals surface area contributed by atoms with Crippen LogP contribution in [0.5, 0.6) is 0 Å². The minimum atomic E-state index is -1.04. The van der Waals surface area contributed by atoms with E-state index < -0.39 is 5.41 Å². The SMILES string of the molecule is CC(C)(C)c1ccc(N(c2ccc(-c3ccccc3)cc2-c2ccccc2)c2cc3c(c4oc(-c5ccccc5)nc24)-c2c(cc(N(c4ccc(C(C)(C)C)cc4)c4ccc(-c5ccccc5)cc4-c4ccccc4)c4c2oc2ccccc24)C3(c2ccccc2)c2ccccc2)cc1. The molecular formula is C94H73N3O2. The van der Waals surface area contributed by atoms with Crippen LogP contribution in [-0.4, -0.2) is 4.98 Å². The van der Waals surface area contributed by atoms with Crippen LogP contribution in [0, 0.1) is 0 Å². The van der Waals surface area contributed by atoms with Crippen molar-refractivity contribution in [1.29, 1.82) is 0 Å². The second-order valence-corrected chi connectivity index (χ2v) is 28.2. The summed E-state index contributed by atoms with van der Waals surface area (Å²) in [6.07, 6.45) is 0. The summed E-state index contributed by atoms with van der Waals surface area (Å²) >= 11 is 0. The Bertz CT molecular complexity index is 5600. The molecule has 0 N–H and O–H groups in total. The molecule has 17 rings (SSSR count). The van der Waals surface area contributed by atoms with Gasteiger partial charge in [-0.05, 0) is 156 Å². The summed E-state index contributed by atoms with van der Waals surface area (Å²) in [6.45, 7) is 13.7. The fraction of sp³-hybridized carbons (Fsp3) is 0.0957. The van der Waals surface area contributed by atoms with Gasteiger partial charge in [0.05, 0.1) is 33.6 Å². The number of hydrogen-bond acceptors (Lipinski definition) is 5. The summed E-state index contributed by atoms with van der Waals surface area (Å²) in [4.78, 5) is 10.8. The molecule has 2 heterocycles. The van der Waals surface area contributed by atoms with E-state index in [1.54, 1.807) is 0 Å². The number of rotatable bonds is 13. The molecule has 0 spiro atoms. The van der Waals surface area contributed by atoms with Gasteiger partial charge in [-0.3, -0.25) is 0 Å². The van der Waals surface area contributed by atoms with Crippen molar-refractivity contribution in [3.05, 3.63) is 367 Å². The molecule has 1 aliphatic rings. The molecule has 0 saturated carbocycles. The second-order valence-electron chi connectivity index (χ2n) is 28.2. The Labute approximate surface area is 579 Å². The van der Waals surface area contributed by atoms with Crippen LogP contribution in [0.25, 0.3) is 100 Å². The van der Waals surface area contributed by atoms with Crippen molar-refractivity contribution in [2.24, 2.45) is 0 Å². The number of hydrogen-bond donors (Lipinski definition) is 0. The van der Waals surface area contributed by atoms with E-state index in [0.717, 1.165) is 140 Å². The van der Waals surface area contributed by atoms with Gasteiger partial charge in [0, 0.05) is 44.6 Å². The van der Waals surface area contributed by atoms with E-state index in [4.69, 9.17) is 13.8 Å². The summed E-state index contributed by atoms with van der Waals surface area (Å²) < 4.78 is 15.5.